The van der Waals surface area contributed by atoms with E-state index in [1.54, 1.807) is 0 Å². The molecule has 0 aromatic carbocycles. The number of thiol groups is 1. The van der Waals surface area contributed by atoms with Gasteiger partial charge in [-0.15, -0.1) is 12.6 Å². The van der Waals surface area contributed by atoms with Crippen molar-refractivity contribution < 1.29 is 9.85 Å². The molecule has 1 atom stereocenters. The van der Waals surface area contributed by atoms with Gasteiger partial charge in [-0.05, 0) is 4.92 Å². The lowest BCUT2D eigenvalue weighted by atomic mass is 10.5. The third-order valence-electron chi connectivity index (χ3n) is 2.47. The van der Waals surface area contributed by atoms with E-state index in [9.17, 15) is 20.2 Å². The van der Waals surface area contributed by atoms with E-state index in [1.165, 1.54) is 22.5 Å². The van der Waals surface area contributed by atoms with Crippen molar-refractivity contribution in [2.45, 2.75) is 5.37 Å². The first kappa shape index (κ1) is 13.0. The van der Waals surface area contributed by atoms with Crippen LogP contribution in [0, 0.1) is 20.2 Å². The largest absolute Gasteiger partial charge is 0.358 e. The van der Waals surface area contributed by atoms with Gasteiger partial charge in [0, 0.05) is 0 Å². The fourth-order valence-electron chi connectivity index (χ4n) is 1.50. The second-order valence-electron chi connectivity index (χ2n) is 3.60. The zero-order valence-electron chi connectivity index (χ0n) is 9.57. The van der Waals surface area contributed by atoms with Crippen molar-refractivity contribution in [2.75, 3.05) is 0 Å². The molecule has 0 fully saturated rings. The summed E-state index contributed by atoms with van der Waals surface area (Å²) in [6, 6.07) is 0. The maximum absolute atomic E-state index is 10.7. The van der Waals surface area contributed by atoms with Gasteiger partial charge in [-0.2, -0.15) is 5.10 Å². The van der Waals surface area contributed by atoms with Gasteiger partial charge in [0.05, 0.1) is 12.0 Å². The summed E-state index contributed by atoms with van der Waals surface area (Å²) in [6.45, 7) is 0. The van der Waals surface area contributed by atoms with E-state index in [0.29, 0.717) is 0 Å². The van der Waals surface area contributed by atoms with E-state index >= 15 is 0 Å². The van der Waals surface area contributed by atoms with Crippen molar-refractivity contribution in [3.05, 3.63) is 44.6 Å². The summed E-state index contributed by atoms with van der Waals surface area (Å²) in [4.78, 5) is 24.0. The highest BCUT2D eigenvalue weighted by Gasteiger charge is 2.25. The van der Waals surface area contributed by atoms with Crippen LogP contribution < -0.4 is 0 Å². The molecule has 0 N–H and O–H groups in total. The lowest BCUT2D eigenvalue weighted by molar-refractivity contribution is -0.391. The van der Waals surface area contributed by atoms with Crippen LogP contribution in [0.4, 0.5) is 11.5 Å². The Morgan fingerprint density at radius 2 is 2.00 bits per heavy atom. The molecule has 0 spiro atoms. The highest BCUT2D eigenvalue weighted by Crippen LogP contribution is 2.25. The summed E-state index contributed by atoms with van der Waals surface area (Å²) in [7, 11) is 1.46. The molecule has 2 aromatic rings. The highest BCUT2D eigenvalue weighted by atomic mass is 32.1. The van der Waals surface area contributed by atoms with E-state index < -0.39 is 15.2 Å². The number of hydrogen-bond acceptors (Lipinski definition) is 7. The van der Waals surface area contributed by atoms with Crippen molar-refractivity contribution >= 4 is 24.1 Å². The first-order valence-electron chi connectivity index (χ1n) is 4.94. The average molecular weight is 284 g/mol. The van der Waals surface area contributed by atoms with Crippen LogP contribution in [0.1, 0.15) is 11.2 Å². The van der Waals surface area contributed by atoms with Crippen molar-refractivity contribution in [2.24, 2.45) is 7.05 Å². The van der Waals surface area contributed by atoms with Crippen LogP contribution >= 0.6 is 12.6 Å². The van der Waals surface area contributed by atoms with Gasteiger partial charge in [0.2, 0.25) is 5.82 Å². The van der Waals surface area contributed by atoms with Crippen LogP contribution in [0.2, 0.25) is 0 Å². The normalized spacial score (nSPS) is 12.3. The first-order valence-corrected chi connectivity index (χ1v) is 5.46. The van der Waals surface area contributed by atoms with Crippen LogP contribution in [-0.2, 0) is 7.05 Å². The van der Waals surface area contributed by atoms with E-state index in [-0.39, 0.29) is 17.3 Å². The third-order valence-corrected chi connectivity index (χ3v) is 2.93. The first-order chi connectivity index (χ1) is 8.91. The van der Waals surface area contributed by atoms with Crippen LogP contribution in [0.25, 0.3) is 0 Å². The zero-order chi connectivity index (χ0) is 14.2. The van der Waals surface area contributed by atoms with Crippen LogP contribution in [0.5, 0.6) is 0 Å². The molecule has 100 valence electrons. The minimum Gasteiger partial charge on any atom is -0.358 e. The Bertz CT molecular complexity index is 649. The fraction of sp³-hybridized carbons (Fsp3) is 0.250. The van der Waals surface area contributed by atoms with Gasteiger partial charge >= 0.3 is 11.5 Å². The van der Waals surface area contributed by atoms with Gasteiger partial charge < -0.3 is 10.1 Å². The van der Waals surface area contributed by atoms with Crippen molar-refractivity contribution in [1.82, 2.24) is 19.3 Å². The number of hydrogen-bond donors (Lipinski definition) is 1. The Morgan fingerprint density at radius 1 is 1.32 bits per heavy atom. The number of rotatable bonds is 4. The van der Waals surface area contributed by atoms with Crippen molar-refractivity contribution in [3.63, 3.8) is 0 Å². The Labute approximate surface area is 111 Å². The van der Waals surface area contributed by atoms with Crippen molar-refractivity contribution in [1.29, 1.82) is 0 Å². The third kappa shape index (κ3) is 2.27. The monoisotopic (exact) mass is 284 g/mol. The summed E-state index contributed by atoms with van der Waals surface area (Å²) in [5, 5.41) is 24.3. The Hall–Kier alpha value is -2.43. The average Bonchev–Trinajstić information content (AvgIpc) is 2.94. The van der Waals surface area contributed by atoms with E-state index in [1.807, 2.05) is 0 Å². The highest BCUT2D eigenvalue weighted by molar-refractivity contribution is 7.80. The number of nitro groups is 2. The lowest BCUT2D eigenvalue weighted by Crippen LogP contribution is -2.11. The number of imidazole rings is 1. The van der Waals surface area contributed by atoms with Gasteiger partial charge in [-0.1, -0.05) is 0 Å². The molecule has 0 aliphatic heterocycles. The van der Waals surface area contributed by atoms with Gasteiger partial charge in [0.15, 0.2) is 5.37 Å². The summed E-state index contributed by atoms with van der Waals surface area (Å²) in [6.07, 6.45) is 3.34. The Balaban J connectivity index is 2.35. The second kappa shape index (κ2) is 4.68. The quantitative estimate of drug-likeness (QED) is 0.506. The lowest BCUT2D eigenvalue weighted by Gasteiger charge is -2.07. The molecule has 11 heteroatoms. The summed E-state index contributed by atoms with van der Waals surface area (Å²) < 4.78 is 2.44. The number of aromatic nitrogens is 4. The molecule has 2 aromatic heterocycles. The van der Waals surface area contributed by atoms with Crippen LogP contribution in [0.15, 0.2) is 18.6 Å². The molecule has 0 aliphatic rings. The summed E-state index contributed by atoms with van der Waals surface area (Å²) >= 11 is 4.21. The molecular weight excluding hydrogens is 276 g/mol. The zero-order valence-corrected chi connectivity index (χ0v) is 10.5. The topological polar surface area (TPSA) is 122 Å². The molecule has 2 heterocycles. The van der Waals surface area contributed by atoms with Crippen LogP contribution in [0.3, 0.4) is 0 Å². The molecule has 19 heavy (non-hydrogen) atoms. The minimum atomic E-state index is -0.757. The van der Waals surface area contributed by atoms with E-state index in [2.05, 4.69) is 22.7 Å². The number of nitrogens with zero attached hydrogens (tertiary/aromatic N) is 6. The summed E-state index contributed by atoms with van der Waals surface area (Å²) in [5.41, 5.74) is -0.192. The molecule has 10 nitrogen and oxygen atoms in total. The standard InChI is InChI=1S/C8H8N6O4S/c1-11-6(14(17)18)3-9-7(11)8(19)12-4-5(2-10-12)13(15)16/h2-4,8,19H,1H3. The Kier molecular flexibility index (Phi) is 3.21. The van der Waals surface area contributed by atoms with Crippen LogP contribution in [-0.4, -0.2) is 29.2 Å². The molecule has 0 bridgehead atoms. The molecule has 0 saturated carbocycles. The van der Waals surface area contributed by atoms with E-state index in [4.69, 9.17) is 0 Å². The van der Waals surface area contributed by atoms with Gasteiger partial charge in [0.25, 0.3) is 0 Å². The molecule has 0 radical (unpaired) electrons. The maximum atomic E-state index is 10.7. The smallest absolute Gasteiger partial charge is 0.342 e. The van der Waals surface area contributed by atoms with Gasteiger partial charge in [-0.25, -0.2) is 14.2 Å². The van der Waals surface area contributed by atoms with Crippen molar-refractivity contribution in [3.8, 4) is 0 Å². The van der Waals surface area contributed by atoms with Gasteiger partial charge in [-0.3, -0.25) is 10.1 Å². The predicted molar refractivity (Wildman–Crippen MR) is 65.9 cm³/mol. The summed E-state index contributed by atoms with van der Waals surface area (Å²) in [5.74, 6) is 0.0590. The molecule has 2 rings (SSSR count). The Morgan fingerprint density at radius 3 is 2.47 bits per heavy atom. The minimum absolute atomic E-state index is 0.192. The molecule has 0 saturated heterocycles. The molecule has 1 unspecified atom stereocenters. The predicted octanol–water partition coefficient (Wildman–Crippen LogP) is 0.910. The van der Waals surface area contributed by atoms with E-state index in [0.717, 1.165) is 12.4 Å². The fourth-order valence-corrected chi connectivity index (χ4v) is 1.86. The van der Waals surface area contributed by atoms with Gasteiger partial charge in [0.1, 0.15) is 18.6 Å². The SMILES string of the molecule is Cn1c([N+](=O)[O-])cnc1C(S)n1cc([N+](=O)[O-])cn1. The molecule has 0 amide bonds. The second-order valence-corrected chi connectivity index (χ2v) is 4.09. The molecule has 0 aliphatic carbocycles. The maximum Gasteiger partial charge on any atom is 0.342 e. The molecular formula is C8H8N6O4S.